The minimum atomic E-state index is -2.83. The largest absolute Gasteiger partial charge is 0.450 e. The van der Waals surface area contributed by atoms with Gasteiger partial charge in [-0.25, -0.2) is 4.79 Å². The summed E-state index contributed by atoms with van der Waals surface area (Å²) >= 11 is 0. The normalized spacial score (nSPS) is 10.1. The molecule has 1 rings (SSSR count). The van der Waals surface area contributed by atoms with Gasteiger partial charge in [-0.3, -0.25) is 0 Å². The van der Waals surface area contributed by atoms with E-state index in [1.54, 1.807) is 19.1 Å². The van der Waals surface area contributed by atoms with Crippen molar-refractivity contribution in [2.75, 3.05) is 6.61 Å². The van der Waals surface area contributed by atoms with Gasteiger partial charge in [0, 0.05) is 6.54 Å². The molecule has 6 heteroatoms. The molecule has 1 aromatic rings. The average Bonchev–Trinajstić information content (AvgIpc) is 2.28. The standard InChI is InChI=1S/C11H13F2NO3/c1-2-16-11(15)14-7-8-3-5-9(6-4-8)17-10(12)13/h3-6,10H,2,7H2,1H3,(H,14,15). The molecule has 1 N–H and O–H groups in total. The Labute approximate surface area is 97.5 Å². The van der Waals surface area contributed by atoms with E-state index in [1.165, 1.54) is 12.1 Å². The van der Waals surface area contributed by atoms with Gasteiger partial charge < -0.3 is 14.8 Å². The molecule has 1 amide bonds. The molecule has 0 unspecified atom stereocenters. The zero-order chi connectivity index (χ0) is 12.7. The third-order valence-corrected chi connectivity index (χ3v) is 1.86. The zero-order valence-electron chi connectivity index (χ0n) is 9.28. The lowest BCUT2D eigenvalue weighted by Gasteiger charge is -2.07. The third kappa shape index (κ3) is 5.14. The molecular formula is C11H13F2NO3. The summed E-state index contributed by atoms with van der Waals surface area (Å²) in [6.45, 7) is -0.560. The highest BCUT2D eigenvalue weighted by Gasteiger charge is 2.04. The number of hydrogen-bond acceptors (Lipinski definition) is 3. The summed E-state index contributed by atoms with van der Waals surface area (Å²) in [5, 5.41) is 2.51. The molecule has 0 aliphatic heterocycles. The molecule has 0 aliphatic rings. The van der Waals surface area contributed by atoms with Crippen LogP contribution < -0.4 is 10.1 Å². The van der Waals surface area contributed by atoms with Crippen LogP contribution in [0.2, 0.25) is 0 Å². The van der Waals surface area contributed by atoms with Gasteiger partial charge in [-0.1, -0.05) is 12.1 Å². The molecule has 0 saturated carbocycles. The number of benzene rings is 1. The van der Waals surface area contributed by atoms with Crippen molar-refractivity contribution in [2.45, 2.75) is 20.1 Å². The molecule has 94 valence electrons. The Bertz CT molecular complexity index is 354. The van der Waals surface area contributed by atoms with E-state index in [0.29, 0.717) is 6.61 Å². The third-order valence-electron chi connectivity index (χ3n) is 1.86. The van der Waals surface area contributed by atoms with E-state index in [4.69, 9.17) is 0 Å². The Morgan fingerprint density at radius 3 is 2.53 bits per heavy atom. The topological polar surface area (TPSA) is 47.6 Å². The molecule has 17 heavy (non-hydrogen) atoms. The number of halogens is 2. The monoisotopic (exact) mass is 245 g/mol. The number of amides is 1. The first kappa shape index (κ1) is 13.2. The fraction of sp³-hybridized carbons (Fsp3) is 0.364. The number of ether oxygens (including phenoxy) is 2. The second kappa shape index (κ2) is 6.67. The van der Waals surface area contributed by atoms with Gasteiger partial charge >= 0.3 is 12.7 Å². The van der Waals surface area contributed by atoms with Crippen LogP contribution in [-0.2, 0) is 11.3 Å². The predicted octanol–water partition coefficient (Wildman–Crippen LogP) is 2.53. The first-order chi connectivity index (χ1) is 8.11. The molecule has 1 aromatic carbocycles. The molecule has 0 spiro atoms. The number of alkyl carbamates (subject to hydrolysis) is 1. The molecular weight excluding hydrogens is 232 g/mol. The van der Waals surface area contributed by atoms with Gasteiger partial charge in [0.25, 0.3) is 0 Å². The highest BCUT2D eigenvalue weighted by molar-refractivity contribution is 5.67. The molecule has 0 aliphatic carbocycles. The molecule has 0 heterocycles. The van der Waals surface area contributed by atoms with Crippen molar-refractivity contribution >= 4 is 6.09 Å². The van der Waals surface area contributed by atoms with E-state index in [1.807, 2.05) is 0 Å². The van der Waals surface area contributed by atoms with Crippen LogP contribution in [0.5, 0.6) is 5.75 Å². The maximum absolute atomic E-state index is 11.9. The fourth-order valence-electron chi connectivity index (χ4n) is 1.15. The first-order valence-corrected chi connectivity index (χ1v) is 5.06. The van der Waals surface area contributed by atoms with Gasteiger partial charge in [-0.2, -0.15) is 8.78 Å². The number of rotatable bonds is 5. The quantitative estimate of drug-likeness (QED) is 0.867. The molecule has 0 bridgehead atoms. The number of carbonyl (C=O) groups excluding carboxylic acids is 1. The van der Waals surface area contributed by atoms with Crippen molar-refractivity contribution in [2.24, 2.45) is 0 Å². The zero-order valence-corrected chi connectivity index (χ0v) is 9.28. The van der Waals surface area contributed by atoms with Gasteiger partial charge in [0.15, 0.2) is 0 Å². The van der Waals surface area contributed by atoms with Crippen LogP contribution >= 0.6 is 0 Å². The van der Waals surface area contributed by atoms with Crippen molar-refractivity contribution < 1.29 is 23.0 Å². The summed E-state index contributed by atoms with van der Waals surface area (Å²) in [4.78, 5) is 11.0. The van der Waals surface area contributed by atoms with Crippen LogP contribution in [-0.4, -0.2) is 19.3 Å². The molecule has 0 saturated heterocycles. The highest BCUT2D eigenvalue weighted by Crippen LogP contribution is 2.14. The van der Waals surface area contributed by atoms with E-state index >= 15 is 0 Å². The Morgan fingerprint density at radius 1 is 1.35 bits per heavy atom. The Hall–Kier alpha value is -1.85. The minimum Gasteiger partial charge on any atom is -0.450 e. The van der Waals surface area contributed by atoms with Crippen molar-refractivity contribution in [3.63, 3.8) is 0 Å². The maximum atomic E-state index is 11.9. The molecule has 4 nitrogen and oxygen atoms in total. The van der Waals surface area contributed by atoms with Crippen LogP contribution in [0.15, 0.2) is 24.3 Å². The van der Waals surface area contributed by atoms with Crippen LogP contribution in [0.4, 0.5) is 13.6 Å². The SMILES string of the molecule is CCOC(=O)NCc1ccc(OC(F)F)cc1. The number of nitrogens with one attached hydrogen (secondary N) is 1. The second-order valence-corrected chi connectivity index (χ2v) is 3.10. The van der Waals surface area contributed by atoms with Gasteiger partial charge in [-0.15, -0.1) is 0 Å². The molecule has 0 fully saturated rings. The van der Waals surface area contributed by atoms with Crippen molar-refractivity contribution in [1.29, 1.82) is 0 Å². The lowest BCUT2D eigenvalue weighted by atomic mass is 10.2. The van der Waals surface area contributed by atoms with Crippen molar-refractivity contribution in [1.82, 2.24) is 5.32 Å². The van der Waals surface area contributed by atoms with E-state index in [-0.39, 0.29) is 12.3 Å². The minimum absolute atomic E-state index is 0.0832. The number of carbonyl (C=O) groups is 1. The Morgan fingerprint density at radius 2 is 2.00 bits per heavy atom. The fourth-order valence-corrected chi connectivity index (χ4v) is 1.15. The van der Waals surface area contributed by atoms with E-state index in [9.17, 15) is 13.6 Å². The summed E-state index contributed by atoms with van der Waals surface area (Å²) in [6.07, 6.45) is -0.514. The number of alkyl halides is 2. The molecule has 0 radical (unpaired) electrons. The smallest absolute Gasteiger partial charge is 0.407 e. The van der Waals surface area contributed by atoms with E-state index in [0.717, 1.165) is 5.56 Å². The van der Waals surface area contributed by atoms with Crippen LogP contribution in [0, 0.1) is 0 Å². The van der Waals surface area contributed by atoms with Gasteiger partial charge in [-0.05, 0) is 24.6 Å². The van der Waals surface area contributed by atoms with E-state index < -0.39 is 12.7 Å². The first-order valence-electron chi connectivity index (χ1n) is 5.06. The molecule has 0 atom stereocenters. The second-order valence-electron chi connectivity index (χ2n) is 3.10. The summed E-state index contributed by atoms with van der Waals surface area (Å²) in [5.41, 5.74) is 0.764. The van der Waals surface area contributed by atoms with Crippen LogP contribution in [0.3, 0.4) is 0 Å². The van der Waals surface area contributed by atoms with E-state index in [2.05, 4.69) is 14.8 Å². The number of hydrogen-bond donors (Lipinski definition) is 1. The van der Waals surface area contributed by atoms with Gasteiger partial charge in [0.1, 0.15) is 5.75 Å². The van der Waals surface area contributed by atoms with Crippen molar-refractivity contribution in [3.8, 4) is 5.75 Å². The summed E-state index contributed by atoms with van der Waals surface area (Å²) in [6, 6.07) is 6.00. The molecule has 0 aromatic heterocycles. The van der Waals surface area contributed by atoms with Gasteiger partial charge in [0.05, 0.1) is 6.61 Å². The lowest BCUT2D eigenvalue weighted by Crippen LogP contribution is -2.23. The predicted molar refractivity (Wildman–Crippen MR) is 56.9 cm³/mol. The van der Waals surface area contributed by atoms with Crippen LogP contribution in [0.1, 0.15) is 12.5 Å². The average molecular weight is 245 g/mol. The maximum Gasteiger partial charge on any atom is 0.407 e. The van der Waals surface area contributed by atoms with Gasteiger partial charge in [0.2, 0.25) is 0 Å². The lowest BCUT2D eigenvalue weighted by molar-refractivity contribution is -0.0498. The van der Waals surface area contributed by atoms with Crippen LogP contribution in [0.25, 0.3) is 0 Å². The summed E-state index contributed by atoms with van der Waals surface area (Å²) in [5.74, 6) is 0.0832. The summed E-state index contributed by atoms with van der Waals surface area (Å²) in [7, 11) is 0. The Kier molecular flexibility index (Phi) is 5.19. The van der Waals surface area contributed by atoms with Crippen molar-refractivity contribution in [3.05, 3.63) is 29.8 Å². The highest BCUT2D eigenvalue weighted by atomic mass is 19.3. The Balaban J connectivity index is 2.42. The summed E-state index contributed by atoms with van der Waals surface area (Å²) < 4.78 is 32.6.